The summed E-state index contributed by atoms with van der Waals surface area (Å²) in [5, 5.41) is 0. The number of ketones is 1. The number of rotatable bonds is 6. The molecule has 1 heterocycles. The van der Waals surface area contributed by atoms with E-state index in [0.717, 1.165) is 13.0 Å². The number of esters is 1. The van der Waals surface area contributed by atoms with Gasteiger partial charge in [-0.15, -0.1) is 0 Å². The fourth-order valence-electron chi connectivity index (χ4n) is 1.11. The normalized spacial score (nSPS) is 9.93. The average molecular weight is 210 g/mol. The van der Waals surface area contributed by atoms with Crippen LogP contribution in [0.4, 0.5) is 0 Å². The van der Waals surface area contributed by atoms with Gasteiger partial charge in [0, 0.05) is 18.9 Å². The molecule has 1 rings (SSSR count). The zero-order valence-electron chi connectivity index (χ0n) is 8.68. The molecule has 0 radical (unpaired) electrons. The minimum atomic E-state index is -0.451. The molecular weight excluding hydrogens is 196 g/mol. The van der Waals surface area contributed by atoms with Crippen molar-refractivity contribution >= 4 is 11.8 Å². The number of imidazole rings is 1. The highest BCUT2D eigenvalue weighted by atomic mass is 16.5. The van der Waals surface area contributed by atoms with Crippen LogP contribution in [0.25, 0.3) is 0 Å². The van der Waals surface area contributed by atoms with Crippen LogP contribution in [0.1, 0.15) is 19.8 Å². The van der Waals surface area contributed by atoms with Crippen LogP contribution >= 0.6 is 0 Å². The van der Waals surface area contributed by atoms with Gasteiger partial charge in [-0.25, -0.2) is 4.98 Å². The topological polar surface area (TPSA) is 61.2 Å². The fraction of sp³-hybridized carbons (Fsp3) is 0.500. The van der Waals surface area contributed by atoms with Gasteiger partial charge in [-0.3, -0.25) is 9.59 Å². The number of aryl methyl sites for hydroxylation is 1. The van der Waals surface area contributed by atoms with Crippen LogP contribution in [-0.4, -0.2) is 27.9 Å². The minimum absolute atomic E-state index is 0.134. The zero-order chi connectivity index (χ0) is 11.1. The van der Waals surface area contributed by atoms with E-state index < -0.39 is 5.97 Å². The van der Waals surface area contributed by atoms with Crippen LogP contribution in [0.2, 0.25) is 0 Å². The van der Waals surface area contributed by atoms with Crippen molar-refractivity contribution in [1.29, 1.82) is 0 Å². The first-order valence-corrected chi connectivity index (χ1v) is 4.79. The summed E-state index contributed by atoms with van der Waals surface area (Å²) >= 11 is 0. The molecule has 0 aliphatic heterocycles. The Bertz CT molecular complexity index is 319. The van der Waals surface area contributed by atoms with Crippen LogP contribution in [0.5, 0.6) is 0 Å². The van der Waals surface area contributed by atoms with Gasteiger partial charge in [0.05, 0.1) is 12.9 Å². The van der Waals surface area contributed by atoms with Gasteiger partial charge in [-0.05, 0) is 13.3 Å². The average Bonchev–Trinajstić information content (AvgIpc) is 2.63. The standard InChI is InChI=1S/C10H14N2O3/c1-9(13)7-10(14)15-6-2-4-12-5-3-11-8-12/h3,5,8H,2,4,6-7H2,1H3. The summed E-state index contributed by atoms with van der Waals surface area (Å²) in [7, 11) is 0. The van der Waals surface area contributed by atoms with Gasteiger partial charge in [0.25, 0.3) is 0 Å². The number of aromatic nitrogens is 2. The predicted molar refractivity (Wildman–Crippen MR) is 53.1 cm³/mol. The molecule has 5 heteroatoms. The quantitative estimate of drug-likeness (QED) is 0.396. The van der Waals surface area contributed by atoms with Crippen molar-refractivity contribution in [3.63, 3.8) is 0 Å². The number of Topliss-reactive ketones (excluding diaryl/α,β-unsaturated/α-hetero) is 1. The third-order valence-electron chi connectivity index (χ3n) is 1.78. The second-order valence-electron chi connectivity index (χ2n) is 3.25. The van der Waals surface area contributed by atoms with Gasteiger partial charge in [-0.1, -0.05) is 0 Å². The van der Waals surface area contributed by atoms with Gasteiger partial charge in [-0.2, -0.15) is 0 Å². The van der Waals surface area contributed by atoms with E-state index >= 15 is 0 Å². The molecule has 0 aliphatic carbocycles. The number of nitrogens with zero attached hydrogens (tertiary/aromatic N) is 2. The van der Waals surface area contributed by atoms with E-state index in [1.54, 1.807) is 12.5 Å². The molecule has 1 aromatic heterocycles. The lowest BCUT2D eigenvalue weighted by atomic mass is 10.3. The smallest absolute Gasteiger partial charge is 0.313 e. The summed E-state index contributed by atoms with van der Waals surface area (Å²) < 4.78 is 6.76. The molecule has 5 nitrogen and oxygen atoms in total. The molecule has 0 aromatic carbocycles. The third-order valence-corrected chi connectivity index (χ3v) is 1.78. The van der Waals surface area contributed by atoms with E-state index in [9.17, 15) is 9.59 Å². The molecule has 1 aromatic rings. The molecule has 0 saturated carbocycles. The highest BCUT2D eigenvalue weighted by Crippen LogP contribution is 1.94. The fourth-order valence-corrected chi connectivity index (χ4v) is 1.11. The van der Waals surface area contributed by atoms with E-state index in [4.69, 9.17) is 4.74 Å². The van der Waals surface area contributed by atoms with E-state index in [1.165, 1.54) is 6.92 Å². The van der Waals surface area contributed by atoms with Crippen molar-refractivity contribution in [3.05, 3.63) is 18.7 Å². The number of hydrogen-bond donors (Lipinski definition) is 0. The van der Waals surface area contributed by atoms with Crippen LogP contribution in [0.15, 0.2) is 18.7 Å². The maximum atomic E-state index is 11.0. The monoisotopic (exact) mass is 210 g/mol. The van der Waals surface area contributed by atoms with Crippen molar-refractivity contribution in [2.45, 2.75) is 26.3 Å². The molecule has 0 unspecified atom stereocenters. The largest absolute Gasteiger partial charge is 0.465 e. The van der Waals surface area contributed by atoms with Crippen molar-refractivity contribution in [2.24, 2.45) is 0 Å². The van der Waals surface area contributed by atoms with E-state index in [1.807, 2.05) is 10.8 Å². The second kappa shape index (κ2) is 5.95. The summed E-state index contributed by atoms with van der Waals surface area (Å²) in [5.74, 6) is -0.622. The Kier molecular flexibility index (Phi) is 4.53. The summed E-state index contributed by atoms with van der Waals surface area (Å²) in [6, 6.07) is 0. The Morgan fingerprint density at radius 1 is 1.47 bits per heavy atom. The Morgan fingerprint density at radius 3 is 2.87 bits per heavy atom. The Hall–Kier alpha value is -1.65. The molecule has 0 bridgehead atoms. The second-order valence-corrected chi connectivity index (χ2v) is 3.25. The number of carbonyl (C=O) groups excluding carboxylic acids is 2. The highest BCUT2D eigenvalue weighted by molar-refractivity contribution is 5.94. The highest BCUT2D eigenvalue weighted by Gasteiger charge is 2.05. The molecule has 0 saturated heterocycles. The summed E-state index contributed by atoms with van der Waals surface area (Å²) in [6.07, 6.45) is 5.83. The molecule has 0 fully saturated rings. The summed E-state index contributed by atoms with van der Waals surface area (Å²) in [5.41, 5.74) is 0. The lowest BCUT2D eigenvalue weighted by molar-refractivity contribution is -0.145. The lowest BCUT2D eigenvalue weighted by Crippen LogP contribution is -2.10. The molecule has 0 amide bonds. The number of hydrogen-bond acceptors (Lipinski definition) is 4. The van der Waals surface area contributed by atoms with Crippen LogP contribution < -0.4 is 0 Å². The third kappa shape index (κ3) is 4.95. The molecule has 0 aliphatic rings. The van der Waals surface area contributed by atoms with Gasteiger partial charge < -0.3 is 9.30 Å². The van der Waals surface area contributed by atoms with Gasteiger partial charge in [0.15, 0.2) is 0 Å². The Balaban J connectivity index is 2.06. The predicted octanol–water partition coefficient (Wildman–Crippen LogP) is 0.795. The van der Waals surface area contributed by atoms with Gasteiger partial charge >= 0.3 is 5.97 Å². The maximum absolute atomic E-state index is 11.0. The minimum Gasteiger partial charge on any atom is -0.465 e. The van der Waals surface area contributed by atoms with Crippen molar-refractivity contribution in [2.75, 3.05) is 6.61 Å². The van der Waals surface area contributed by atoms with Gasteiger partial charge in [0.1, 0.15) is 12.2 Å². The molecular formula is C10H14N2O3. The Labute approximate surface area is 88.1 Å². The number of ether oxygens (including phenoxy) is 1. The molecule has 82 valence electrons. The number of carbonyl (C=O) groups is 2. The summed E-state index contributed by atoms with van der Waals surface area (Å²) in [4.78, 5) is 25.4. The van der Waals surface area contributed by atoms with Gasteiger partial charge in [0.2, 0.25) is 0 Å². The maximum Gasteiger partial charge on any atom is 0.313 e. The SMILES string of the molecule is CC(=O)CC(=O)OCCCn1ccnc1. The molecule has 15 heavy (non-hydrogen) atoms. The van der Waals surface area contributed by atoms with Crippen molar-refractivity contribution < 1.29 is 14.3 Å². The lowest BCUT2D eigenvalue weighted by Gasteiger charge is -2.03. The van der Waals surface area contributed by atoms with E-state index in [-0.39, 0.29) is 12.2 Å². The van der Waals surface area contributed by atoms with E-state index in [2.05, 4.69) is 4.98 Å². The summed E-state index contributed by atoms with van der Waals surface area (Å²) in [6.45, 7) is 2.46. The first-order chi connectivity index (χ1) is 7.18. The molecule has 0 N–H and O–H groups in total. The molecule has 0 spiro atoms. The molecule has 0 atom stereocenters. The van der Waals surface area contributed by atoms with Crippen LogP contribution in [0.3, 0.4) is 0 Å². The first-order valence-electron chi connectivity index (χ1n) is 4.79. The van der Waals surface area contributed by atoms with E-state index in [0.29, 0.717) is 6.61 Å². The zero-order valence-corrected chi connectivity index (χ0v) is 8.68. The van der Waals surface area contributed by atoms with Crippen molar-refractivity contribution in [3.8, 4) is 0 Å². The van der Waals surface area contributed by atoms with Crippen LogP contribution in [-0.2, 0) is 20.9 Å². The Morgan fingerprint density at radius 2 is 2.27 bits per heavy atom. The van der Waals surface area contributed by atoms with Crippen molar-refractivity contribution in [1.82, 2.24) is 9.55 Å². The van der Waals surface area contributed by atoms with Crippen LogP contribution in [0, 0.1) is 0 Å². The first kappa shape index (κ1) is 11.4.